The van der Waals surface area contributed by atoms with E-state index in [1.54, 1.807) is 13.3 Å². The first-order chi connectivity index (χ1) is 9.11. The Bertz CT molecular complexity index is 377. The minimum absolute atomic E-state index is 0.0256. The normalized spacial score (nSPS) is 10.5. The van der Waals surface area contributed by atoms with Crippen LogP contribution in [0.4, 0.5) is 11.5 Å². The highest BCUT2D eigenvalue weighted by molar-refractivity contribution is 5.90. The van der Waals surface area contributed by atoms with Crippen molar-refractivity contribution >= 4 is 17.4 Å². The Kier molecular flexibility index (Phi) is 6.89. The minimum Gasteiger partial charge on any atom is -0.385 e. The van der Waals surface area contributed by atoms with Gasteiger partial charge >= 0.3 is 0 Å². The van der Waals surface area contributed by atoms with Crippen LogP contribution in [0.3, 0.4) is 0 Å². The molecule has 0 aliphatic carbocycles. The van der Waals surface area contributed by atoms with E-state index in [9.17, 15) is 4.79 Å². The molecule has 1 aromatic heterocycles. The summed E-state index contributed by atoms with van der Waals surface area (Å²) in [5.74, 6) is 1.19. The molecule has 0 bridgehead atoms. The van der Waals surface area contributed by atoms with Gasteiger partial charge in [0.05, 0.1) is 11.9 Å². The van der Waals surface area contributed by atoms with E-state index in [1.165, 1.54) is 0 Å². The second kappa shape index (κ2) is 8.48. The summed E-state index contributed by atoms with van der Waals surface area (Å²) < 4.78 is 4.97. The van der Waals surface area contributed by atoms with E-state index < -0.39 is 0 Å². The molecule has 0 saturated heterocycles. The summed E-state index contributed by atoms with van der Waals surface area (Å²) in [6, 6.07) is 3.71. The average Bonchev–Trinajstić information content (AvgIpc) is 2.35. The number of methoxy groups -OCH3 is 1. The number of ether oxygens (including phenoxy) is 1. The van der Waals surface area contributed by atoms with Crippen molar-refractivity contribution < 1.29 is 9.53 Å². The number of nitrogens with zero attached hydrogens (tertiary/aromatic N) is 1. The van der Waals surface area contributed by atoms with Crippen LogP contribution in [-0.2, 0) is 9.53 Å². The van der Waals surface area contributed by atoms with Gasteiger partial charge in [0.25, 0.3) is 0 Å². The summed E-state index contributed by atoms with van der Waals surface area (Å²) in [4.78, 5) is 15.8. The fourth-order valence-corrected chi connectivity index (χ4v) is 1.59. The van der Waals surface area contributed by atoms with E-state index in [-0.39, 0.29) is 5.91 Å². The van der Waals surface area contributed by atoms with E-state index in [1.807, 2.05) is 26.0 Å². The van der Waals surface area contributed by atoms with E-state index in [0.29, 0.717) is 12.3 Å². The Hall–Kier alpha value is -1.62. The second-order valence-electron chi connectivity index (χ2n) is 4.85. The van der Waals surface area contributed by atoms with Gasteiger partial charge in [-0.1, -0.05) is 13.8 Å². The maximum Gasteiger partial charge on any atom is 0.224 e. The molecule has 0 spiro atoms. The molecule has 0 aromatic carbocycles. The number of amides is 1. The molecule has 1 aromatic rings. The van der Waals surface area contributed by atoms with Gasteiger partial charge in [-0.25, -0.2) is 4.98 Å². The monoisotopic (exact) mass is 265 g/mol. The van der Waals surface area contributed by atoms with Crippen LogP contribution in [0.2, 0.25) is 0 Å². The summed E-state index contributed by atoms with van der Waals surface area (Å²) >= 11 is 0. The average molecular weight is 265 g/mol. The number of carbonyl (C=O) groups is 1. The summed E-state index contributed by atoms with van der Waals surface area (Å²) in [6.07, 6.45) is 3.12. The number of anilines is 2. The van der Waals surface area contributed by atoms with Gasteiger partial charge < -0.3 is 15.4 Å². The Morgan fingerprint density at radius 2 is 2.21 bits per heavy atom. The third kappa shape index (κ3) is 6.76. The molecule has 0 atom stereocenters. The van der Waals surface area contributed by atoms with Gasteiger partial charge in [0.1, 0.15) is 5.82 Å². The molecule has 2 N–H and O–H groups in total. The topological polar surface area (TPSA) is 63.2 Å². The zero-order chi connectivity index (χ0) is 14.1. The molecule has 0 radical (unpaired) electrons. The van der Waals surface area contributed by atoms with E-state index in [0.717, 1.165) is 31.1 Å². The summed E-state index contributed by atoms with van der Waals surface area (Å²) in [5, 5.41) is 6.02. The van der Waals surface area contributed by atoms with Crippen LogP contribution in [0, 0.1) is 5.92 Å². The highest BCUT2D eigenvalue weighted by Crippen LogP contribution is 2.11. The molecular weight excluding hydrogens is 242 g/mol. The fourth-order valence-electron chi connectivity index (χ4n) is 1.59. The number of pyridine rings is 1. The van der Waals surface area contributed by atoms with Crippen LogP contribution >= 0.6 is 0 Å². The van der Waals surface area contributed by atoms with Crippen LogP contribution in [-0.4, -0.2) is 31.2 Å². The molecule has 0 unspecified atom stereocenters. The Balaban J connectivity index is 2.36. The summed E-state index contributed by atoms with van der Waals surface area (Å²) in [6.45, 7) is 5.59. The number of carbonyl (C=O) groups excluding carboxylic acids is 1. The first kappa shape index (κ1) is 15.4. The molecular formula is C14H23N3O2. The van der Waals surface area contributed by atoms with Crippen LogP contribution in [0.15, 0.2) is 18.3 Å². The smallest absolute Gasteiger partial charge is 0.224 e. The predicted molar refractivity (Wildman–Crippen MR) is 77.3 cm³/mol. The van der Waals surface area contributed by atoms with Crippen LogP contribution < -0.4 is 10.6 Å². The van der Waals surface area contributed by atoms with Crippen molar-refractivity contribution in [3.63, 3.8) is 0 Å². The van der Waals surface area contributed by atoms with Crippen molar-refractivity contribution in [1.82, 2.24) is 4.98 Å². The SMILES string of the molecule is COCCCNc1ccc(NC(=O)CC(C)C)cn1. The Morgan fingerprint density at radius 3 is 2.79 bits per heavy atom. The van der Waals surface area contributed by atoms with E-state index in [4.69, 9.17) is 4.74 Å². The Morgan fingerprint density at radius 1 is 1.42 bits per heavy atom. The molecule has 5 nitrogen and oxygen atoms in total. The molecule has 1 rings (SSSR count). The number of nitrogens with one attached hydrogen (secondary N) is 2. The van der Waals surface area contributed by atoms with Crippen molar-refractivity contribution in [3.8, 4) is 0 Å². The summed E-state index contributed by atoms with van der Waals surface area (Å²) in [7, 11) is 1.69. The number of hydrogen-bond donors (Lipinski definition) is 2. The Labute approximate surface area is 114 Å². The quantitative estimate of drug-likeness (QED) is 0.709. The molecule has 5 heteroatoms. The molecule has 106 valence electrons. The summed E-state index contributed by atoms with van der Waals surface area (Å²) in [5.41, 5.74) is 0.730. The highest BCUT2D eigenvalue weighted by Gasteiger charge is 2.05. The van der Waals surface area contributed by atoms with Crippen molar-refractivity contribution in [2.45, 2.75) is 26.7 Å². The van der Waals surface area contributed by atoms with Crippen LogP contribution in [0.25, 0.3) is 0 Å². The van der Waals surface area contributed by atoms with Gasteiger partial charge in [-0.2, -0.15) is 0 Å². The van der Waals surface area contributed by atoms with Crippen molar-refractivity contribution in [2.24, 2.45) is 5.92 Å². The predicted octanol–water partition coefficient (Wildman–Crippen LogP) is 2.51. The molecule has 19 heavy (non-hydrogen) atoms. The lowest BCUT2D eigenvalue weighted by Gasteiger charge is -2.08. The first-order valence-electron chi connectivity index (χ1n) is 6.60. The van der Waals surface area contributed by atoms with Crippen LogP contribution in [0.5, 0.6) is 0 Å². The standard InChI is InChI=1S/C14H23N3O2/c1-11(2)9-14(18)17-12-5-6-13(16-10-12)15-7-4-8-19-3/h5-6,10-11H,4,7-9H2,1-3H3,(H,15,16)(H,17,18). The first-order valence-corrected chi connectivity index (χ1v) is 6.60. The van der Waals surface area contributed by atoms with Crippen molar-refractivity contribution in [1.29, 1.82) is 0 Å². The van der Waals surface area contributed by atoms with Gasteiger partial charge in [-0.3, -0.25) is 4.79 Å². The number of hydrogen-bond acceptors (Lipinski definition) is 4. The number of aromatic nitrogens is 1. The van der Waals surface area contributed by atoms with Gasteiger partial charge in [0.2, 0.25) is 5.91 Å². The lowest BCUT2D eigenvalue weighted by molar-refractivity contribution is -0.116. The van der Waals surface area contributed by atoms with Crippen LogP contribution in [0.1, 0.15) is 26.7 Å². The molecule has 0 fully saturated rings. The third-order valence-corrected chi connectivity index (χ3v) is 2.47. The minimum atomic E-state index is 0.0256. The van der Waals surface area contributed by atoms with E-state index >= 15 is 0 Å². The number of rotatable bonds is 8. The van der Waals surface area contributed by atoms with Gasteiger partial charge in [-0.05, 0) is 24.5 Å². The zero-order valence-electron chi connectivity index (χ0n) is 11.9. The maximum atomic E-state index is 11.6. The third-order valence-electron chi connectivity index (χ3n) is 2.47. The lowest BCUT2D eigenvalue weighted by atomic mass is 10.1. The molecule has 1 amide bonds. The largest absolute Gasteiger partial charge is 0.385 e. The molecule has 0 aliphatic rings. The van der Waals surface area contributed by atoms with Crippen molar-refractivity contribution in [3.05, 3.63) is 18.3 Å². The fraction of sp³-hybridized carbons (Fsp3) is 0.571. The molecule has 0 saturated carbocycles. The molecule has 1 heterocycles. The zero-order valence-corrected chi connectivity index (χ0v) is 11.9. The highest BCUT2D eigenvalue weighted by atomic mass is 16.5. The van der Waals surface area contributed by atoms with Gasteiger partial charge in [0, 0.05) is 26.7 Å². The van der Waals surface area contributed by atoms with Gasteiger partial charge in [-0.15, -0.1) is 0 Å². The lowest BCUT2D eigenvalue weighted by Crippen LogP contribution is -2.14. The maximum absolute atomic E-state index is 11.6. The van der Waals surface area contributed by atoms with Crippen molar-refractivity contribution in [2.75, 3.05) is 30.9 Å². The van der Waals surface area contributed by atoms with Gasteiger partial charge in [0.15, 0.2) is 0 Å². The second-order valence-corrected chi connectivity index (χ2v) is 4.85. The van der Waals surface area contributed by atoms with E-state index in [2.05, 4.69) is 15.6 Å². The molecule has 0 aliphatic heterocycles.